The van der Waals surface area contributed by atoms with E-state index < -0.39 is 0 Å². The van der Waals surface area contributed by atoms with E-state index >= 15 is 0 Å². The first-order chi connectivity index (χ1) is 20.3. The first-order valence-corrected chi connectivity index (χ1v) is 14.5. The lowest BCUT2D eigenvalue weighted by Gasteiger charge is -2.31. The van der Waals surface area contributed by atoms with Crippen LogP contribution in [0.15, 0.2) is 168 Å². The van der Waals surface area contributed by atoms with E-state index in [-0.39, 0.29) is 0 Å². The van der Waals surface area contributed by atoms with Crippen molar-refractivity contribution < 1.29 is 0 Å². The Morgan fingerprint density at radius 3 is 1.20 bits per heavy atom. The zero-order chi connectivity index (χ0) is 27.6. The fourth-order valence-corrected chi connectivity index (χ4v) is 6.10. The molecular weight excluding hydrogens is 564 g/mol. The molecule has 0 atom stereocenters. The fourth-order valence-electron chi connectivity index (χ4n) is 5.63. The van der Waals surface area contributed by atoms with Crippen molar-refractivity contribution in [2.75, 3.05) is 9.80 Å². The van der Waals surface area contributed by atoms with Crippen molar-refractivity contribution in [2.45, 2.75) is 0 Å². The van der Waals surface area contributed by atoms with Gasteiger partial charge in [0.1, 0.15) is 0 Å². The first-order valence-electron chi connectivity index (χ1n) is 13.7. The summed E-state index contributed by atoms with van der Waals surface area (Å²) in [6.07, 6.45) is 0. The summed E-state index contributed by atoms with van der Waals surface area (Å²) in [5, 5.41) is 4.83. The third-order valence-corrected chi connectivity index (χ3v) is 7.89. The highest BCUT2D eigenvalue weighted by Crippen LogP contribution is 2.45. The number of rotatable bonds is 6. The van der Waals surface area contributed by atoms with Crippen LogP contribution in [0.5, 0.6) is 0 Å². The molecule has 0 radical (unpaired) electrons. The second kappa shape index (κ2) is 11.0. The summed E-state index contributed by atoms with van der Waals surface area (Å²) in [4.78, 5) is 4.70. The maximum absolute atomic E-state index is 3.89. The number of fused-ring (bicyclic) bond motifs is 2. The van der Waals surface area contributed by atoms with E-state index in [1.165, 1.54) is 21.5 Å². The predicted molar refractivity (Wildman–Crippen MR) is 179 cm³/mol. The molecule has 0 saturated carbocycles. The quantitative estimate of drug-likeness (QED) is 0.190. The van der Waals surface area contributed by atoms with Gasteiger partial charge < -0.3 is 9.80 Å². The minimum absolute atomic E-state index is 1.01. The highest BCUT2D eigenvalue weighted by atomic mass is 79.9. The summed E-state index contributed by atoms with van der Waals surface area (Å²) in [5.74, 6) is 0. The Balaban J connectivity index is 1.48. The van der Waals surface area contributed by atoms with E-state index in [1.54, 1.807) is 0 Å². The van der Waals surface area contributed by atoms with E-state index in [9.17, 15) is 0 Å². The molecule has 0 amide bonds. The molecule has 7 aromatic rings. The van der Waals surface area contributed by atoms with Crippen LogP contribution in [0.25, 0.3) is 21.5 Å². The SMILES string of the molecule is Brc1cc(N(c2ccccc2)c2cccc3ccccc23)cc(N(c2ccccc2)c2cccc3ccccc23)c1. The zero-order valence-electron chi connectivity index (χ0n) is 22.4. The molecule has 196 valence electrons. The number of anilines is 6. The predicted octanol–water partition coefficient (Wildman–Crippen LogP) is 11.7. The van der Waals surface area contributed by atoms with Gasteiger partial charge in [0.05, 0.1) is 11.4 Å². The van der Waals surface area contributed by atoms with Crippen LogP contribution in [0.1, 0.15) is 0 Å². The van der Waals surface area contributed by atoms with E-state index in [1.807, 2.05) is 0 Å². The standard InChI is InChI=1S/C38H27BrN2/c39-30-25-33(40(31-17-3-1-4-18-31)37-23-11-15-28-13-7-9-21-35(28)37)27-34(26-30)41(32-19-5-2-6-20-32)38-24-12-16-29-14-8-10-22-36(29)38/h1-27H. The Labute approximate surface area is 248 Å². The molecule has 0 bridgehead atoms. The lowest BCUT2D eigenvalue weighted by atomic mass is 10.1. The summed E-state index contributed by atoms with van der Waals surface area (Å²) in [7, 11) is 0. The second-order valence-electron chi connectivity index (χ2n) is 10.0. The van der Waals surface area contributed by atoms with Crippen molar-refractivity contribution in [2.24, 2.45) is 0 Å². The molecule has 0 spiro atoms. The summed E-state index contributed by atoms with van der Waals surface area (Å²) >= 11 is 3.89. The number of benzene rings is 7. The van der Waals surface area contributed by atoms with E-state index in [2.05, 4.69) is 190 Å². The number of nitrogens with zero attached hydrogens (tertiary/aromatic N) is 2. The van der Waals surface area contributed by atoms with Crippen LogP contribution in [0.3, 0.4) is 0 Å². The summed E-state index contributed by atoms with van der Waals surface area (Å²) in [6.45, 7) is 0. The molecule has 0 unspecified atom stereocenters. The van der Waals surface area contributed by atoms with Crippen LogP contribution >= 0.6 is 15.9 Å². The van der Waals surface area contributed by atoms with Crippen molar-refractivity contribution in [3.63, 3.8) is 0 Å². The molecule has 0 saturated heterocycles. The van der Waals surface area contributed by atoms with Crippen molar-refractivity contribution >= 4 is 71.6 Å². The van der Waals surface area contributed by atoms with Gasteiger partial charge in [-0.05, 0) is 65.4 Å². The molecule has 0 aliphatic heterocycles. The minimum atomic E-state index is 1.01. The molecule has 0 N–H and O–H groups in total. The van der Waals surface area contributed by atoms with Gasteiger partial charge in [-0.25, -0.2) is 0 Å². The third-order valence-electron chi connectivity index (χ3n) is 7.43. The van der Waals surface area contributed by atoms with Crippen molar-refractivity contribution in [3.8, 4) is 0 Å². The molecular formula is C38H27BrN2. The monoisotopic (exact) mass is 590 g/mol. The maximum atomic E-state index is 3.89. The first kappa shape index (κ1) is 25.1. The number of hydrogen-bond donors (Lipinski definition) is 0. The Bertz CT molecular complexity index is 1820. The van der Waals surface area contributed by atoms with Crippen molar-refractivity contribution in [1.29, 1.82) is 0 Å². The van der Waals surface area contributed by atoms with Gasteiger partial charge >= 0.3 is 0 Å². The van der Waals surface area contributed by atoms with Crippen LogP contribution in [0, 0.1) is 0 Å². The van der Waals surface area contributed by atoms with Crippen LogP contribution < -0.4 is 9.80 Å². The lowest BCUT2D eigenvalue weighted by Crippen LogP contribution is -2.14. The average molecular weight is 592 g/mol. The fraction of sp³-hybridized carbons (Fsp3) is 0. The normalized spacial score (nSPS) is 11.0. The molecule has 41 heavy (non-hydrogen) atoms. The minimum Gasteiger partial charge on any atom is -0.310 e. The highest BCUT2D eigenvalue weighted by Gasteiger charge is 2.20. The Morgan fingerprint density at radius 1 is 0.341 bits per heavy atom. The molecule has 0 heterocycles. The van der Waals surface area contributed by atoms with Gasteiger partial charge in [0.15, 0.2) is 0 Å². The summed E-state index contributed by atoms with van der Waals surface area (Å²) in [6, 6.07) is 58.1. The van der Waals surface area contributed by atoms with Gasteiger partial charge in [0.25, 0.3) is 0 Å². The molecule has 7 rings (SSSR count). The van der Waals surface area contributed by atoms with Crippen LogP contribution in [-0.4, -0.2) is 0 Å². The second-order valence-corrected chi connectivity index (χ2v) is 10.9. The van der Waals surface area contributed by atoms with E-state index in [4.69, 9.17) is 0 Å². The largest absolute Gasteiger partial charge is 0.310 e. The van der Waals surface area contributed by atoms with Crippen LogP contribution in [0.2, 0.25) is 0 Å². The maximum Gasteiger partial charge on any atom is 0.0540 e. The van der Waals surface area contributed by atoms with Crippen LogP contribution in [-0.2, 0) is 0 Å². The topological polar surface area (TPSA) is 6.48 Å². The van der Waals surface area contributed by atoms with Gasteiger partial charge in [0.2, 0.25) is 0 Å². The third kappa shape index (κ3) is 4.86. The van der Waals surface area contributed by atoms with Gasteiger partial charge in [-0.1, -0.05) is 125 Å². The van der Waals surface area contributed by atoms with Gasteiger partial charge in [0, 0.05) is 38.0 Å². The van der Waals surface area contributed by atoms with Gasteiger partial charge in [-0.3, -0.25) is 0 Å². The molecule has 0 aliphatic carbocycles. The van der Waals surface area contributed by atoms with Gasteiger partial charge in [-0.15, -0.1) is 0 Å². The smallest absolute Gasteiger partial charge is 0.0540 e. The Kier molecular flexibility index (Phi) is 6.72. The zero-order valence-corrected chi connectivity index (χ0v) is 23.9. The lowest BCUT2D eigenvalue weighted by molar-refractivity contribution is 1.26. The van der Waals surface area contributed by atoms with E-state index in [0.717, 1.165) is 38.6 Å². The molecule has 0 fully saturated rings. The number of hydrogen-bond acceptors (Lipinski definition) is 2. The average Bonchev–Trinajstić information content (AvgIpc) is 3.02. The van der Waals surface area contributed by atoms with Crippen molar-refractivity contribution in [3.05, 3.63) is 168 Å². The Morgan fingerprint density at radius 2 is 0.732 bits per heavy atom. The number of para-hydroxylation sites is 2. The Hall–Kier alpha value is -4.86. The van der Waals surface area contributed by atoms with Gasteiger partial charge in [-0.2, -0.15) is 0 Å². The molecule has 7 aromatic carbocycles. The van der Waals surface area contributed by atoms with Crippen LogP contribution in [0.4, 0.5) is 34.1 Å². The number of halogens is 1. The van der Waals surface area contributed by atoms with Crippen molar-refractivity contribution in [1.82, 2.24) is 0 Å². The molecule has 0 aliphatic rings. The summed E-state index contributed by atoms with van der Waals surface area (Å²) < 4.78 is 1.01. The highest BCUT2D eigenvalue weighted by molar-refractivity contribution is 9.10. The van der Waals surface area contributed by atoms with E-state index in [0.29, 0.717) is 0 Å². The molecule has 0 aromatic heterocycles. The summed E-state index contributed by atoms with van der Waals surface area (Å²) in [5.41, 5.74) is 6.61. The molecule has 3 heteroatoms. The molecule has 2 nitrogen and oxygen atoms in total.